The van der Waals surface area contributed by atoms with Crippen LogP contribution in [0.1, 0.15) is 39.3 Å². The summed E-state index contributed by atoms with van der Waals surface area (Å²) < 4.78 is 7.30. The molecule has 1 aliphatic heterocycles. The van der Waals surface area contributed by atoms with Crippen molar-refractivity contribution in [1.29, 1.82) is 0 Å². The van der Waals surface area contributed by atoms with E-state index in [9.17, 15) is 15.0 Å². The van der Waals surface area contributed by atoms with Gasteiger partial charge in [0.2, 0.25) is 5.88 Å². The van der Waals surface area contributed by atoms with Crippen molar-refractivity contribution in [1.82, 2.24) is 19.9 Å². The number of aliphatic hydroxyl groups excluding tert-OH is 1. The molecule has 0 bridgehead atoms. The first-order valence-electron chi connectivity index (χ1n) is 12.5. The van der Waals surface area contributed by atoms with Crippen molar-refractivity contribution >= 4 is 38.5 Å². The van der Waals surface area contributed by atoms with Crippen LogP contribution >= 0.6 is 11.3 Å². The zero-order chi connectivity index (χ0) is 26.9. The summed E-state index contributed by atoms with van der Waals surface area (Å²) in [6.45, 7) is 6.14. The van der Waals surface area contributed by atoms with Gasteiger partial charge >= 0.3 is 6.09 Å². The molecule has 198 valence electrons. The number of aromatic nitrogens is 3. The number of benzene rings is 2. The molecule has 10 heteroatoms. The molecule has 2 unspecified atom stereocenters. The molecule has 3 heterocycles. The second kappa shape index (κ2) is 10.2. The van der Waals surface area contributed by atoms with E-state index in [2.05, 4.69) is 20.3 Å². The summed E-state index contributed by atoms with van der Waals surface area (Å²) in [6.07, 6.45) is 3.02. The second-order valence-electron chi connectivity index (χ2n) is 10.7. The number of aliphatic hydroxyl groups is 1. The molecule has 3 N–H and O–H groups in total. The number of hydrogen-bond donors (Lipinski definition) is 3. The van der Waals surface area contributed by atoms with Gasteiger partial charge in [-0.05, 0) is 54.7 Å². The smallest absolute Gasteiger partial charge is 0.407 e. The number of carbonyl (C=O) groups is 1. The van der Waals surface area contributed by atoms with Crippen LogP contribution in [0.5, 0.6) is 11.6 Å². The van der Waals surface area contributed by atoms with Crippen LogP contribution in [-0.4, -0.2) is 55.4 Å². The van der Waals surface area contributed by atoms with E-state index in [1.807, 2.05) is 69.3 Å². The van der Waals surface area contributed by atoms with Gasteiger partial charge in [0.15, 0.2) is 5.13 Å². The minimum Gasteiger partial charge on any atom is -0.465 e. The lowest BCUT2D eigenvalue weighted by Crippen LogP contribution is -2.57. The summed E-state index contributed by atoms with van der Waals surface area (Å²) in [4.78, 5) is 27.1. The Bertz CT molecular complexity index is 1400. The maximum atomic E-state index is 11.9. The Balaban J connectivity index is 1.37. The number of carboxylic acid groups (broad SMARTS) is 1. The molecule has 0 radical (unpaired) electrons. The largest absolute Gasteiger partial charge is 0.465 e. The third kappa shape index (κ3) is 5.14. The summed E-state index contributed by atoms with van der Waals surface area (Å²) in [5.41, 5.74) is 1.27. The van der Waals surface area contributed by atoms with Crippen molar-refractivity contribution in [2.75, 3.05) is 18.5 Å². The molecule has 9 nitrogen and oxygen atoms in total. The van der Waals surface area contributed by atoms with Crippen LogP contribution in [0.2, 0.25) is 0 Å². The summed E-state index contributed by atoms with van der Waals surface area (Å²) in [7, 11) is 0. The van der Waals surface area contributed by atoms with Crippen molar-refractivity contribution in [3.8, 4) is 11.6 Å². The van der Waals surface area contributed by atoms with E-state index in [0.717, 1.165) is 21.0 Å². The van der Waals surface area contributed by atoms with E-state index >= 15 is 0 Å². The highest BCUT2D eigenvalue weighted by atomic mass is 32.1. The van der Waals surface area contributed by atoms with Crippen LogP contribution in [0.3, 0.4) is 0 Å². The number of anilines is 2. The molecule has 4 aromatic rings. The lowest BCUT2D eigenvalue weighted by atomic mass is 9.67. The monoisotopic (exact) mass is 533 g/mol. The highest BCUT2D eigenvalue weighted by Crippen LogP contribution is 2.45. The topological polar surface area (TPSA) is 121 Å². The lowest BCUT2D eigenvalue weighted by Gasteiger charge is -2.49. The lowest BCUT2D eigenvalue weighted by molar-refractivity contribution is 0.0104. The molecule has 1 saturated heterocycles. The number of thiazole rings is 1. The van der Waals surface area contributed by atoms with Gasteiger partial charge in [0, 0.05) is 36.1 Å². The van der Waals surface area contributed by atoms with Gasteiger partial charge in [0.25, 0.3) is 0 Å². The Labute approximate surface area is 225 Å². The van der Waals surface area contributed by atoms with Gasteiger partial charge in [-0.2, -0.15) is 0 Å². The fraction of sp³-hybridized carbons (Fsp3) is 0.357. The van der Waals surface area contributed by atoms with E-state index in [1.165, 1.54) is 4.90 Å². The first-order chi connectivity index (χ1) is 18.2. The van der Waals surface area contributed by atoms with Crippen LogP contribution in [0.15, 0.2) is 60.9 Å². The van der Waals surface area contributed by atoms with Crippen molar-refractivity contribution < 1.29 is 19.7 Å². The van der Waals surface area contributed by atoms with Crippen LogP contribution in [-0.2, 0) is 5.41 Å². The number of nitrogens with one attached hydrogen (secondary N) is 1. The molecule has 0 saturated carbocycles. The third-order valence-electron chi connectivity index (χ3n) is 7.12. The summed E-state index contributed by atoms with van der Waals surface area (Å²) >= 11 is 1.59. The van der Waals surface area contributed by atoms with Crippen molar-refractivity contribution in [3.05, 3.63) is 66.6 Å². The number of fused-ring (bicyclic) bond motifs is 1. The van der Waals surface area contributed by atoms with E-state index in [1.54, 1.807) is 23.7 Å². The Morgan fingerprint density at radius 3 is 2.58 bits per heavy atom. The SMILES string of the molecule is CC(C)(C)C1CC(CO)(c2nccnc2Oc2ccc(Nc3nc4ccccc4s3)cc2)CCN1C(=O)O. The second-order valence-corrected chi connectivity index (χ2v) is 11.7. The van der Waals surface area contributed by atoms with E-state index < -0.39 is 11.5 Å². The first-order valence-corrected chi connectivity index (χ1v) is 13.3. The molecule has 1 amide bonds. The maximum absolute atomic E-state index is 11.9. The van der Waals surface area contributed by atoms with Crippen LogP contribution in [0.25, 0.3) is 10.2 Å². The molecule has 2 aromatic carbocycles. The van der Waals surface area contributed by atoms with E-state index in [-0.39, 0.29) is 18.1 Å². The van der Waals surface area contributed by atoms with Gasteiger partial charge in [-0.25, -0.2) is 14.8 Å². The van der Waals surface area contributed by atoms with Gasteiger partial charge in [0.05, 0.1) is 16.8 Å². The highest BCUT2D eigenvalue weighted by Gasteiger charge is 2.48. The zero-order valence-electron chi connectivity index (χ0n) is 21.6. The predicted molar refractivity (Wildman–Crippen MR) is 147 cm³/mol. The zero-order valence-corrected chi connectivity index (χ0v) is 22.4. The average molecular weight is 534 g/mol. The Kier molecular flexibility index (Phi) is 6.93. The summed E-state index contributed by atoms with van der Waals surface area (Å²) in [5.74, 6) is 0.884. The van der Waals surface area contributed by atoms with Crippen molar-refractivity contribution in [3.63, 3.8) is 0 Å². The molecule has 38 heavy (non-hydrogen) atoms. The first kappa shape index (κ1) is 25.9. The molecule has 0 spiro atoms. The molecule has 5 rings (SSSR count). The molecule has 1 aliphatic rings. The Morgan fingerprint density at radius 1 is 1.16 bits per heavy atom. The van der Waals surface area contributed by atoms with Crippen LogP contribution in [0.4, 0.5) is 15.6 Å². The van der Waals surface area contributed by atoms with Crippen LogP contribution < -0.4 is 10.1 Å². The van der Waals surface area contributed by atoms with Gasteiger partial charge < -0.3 is 25.2 Å². The number of likely N-dealkylation sites (tertiary alicyclic amines) is 1. The number of ether oxygens (including phenoxy) is 1. The maximum Gasteiger partial charge on any atom is 0.407 e. The summed E-state index contributed by atoms with van der Waals surface area (Å²) in [5, 5.41) is 24.6. The molecule has 0 aliphatic carbocycles. The minimum atomic E-state index is -0.952. The molecule has 2 atom stereocenters. The van der Waals surface area contributed by atoms with Crippen molar-refractivity contribution in [2.24, 2.45) is 5.41 Å². The van der Waals surface area contributed by atoms with E-state index in [0.29, 0.717) is 36.7 Å². The fourth-order valence-electron chi connectivity index (χ4n) is 5.04. The quantitative estimate of drug-likeness (QED) is 0.274. The number of rotatable bonds is 6. The Morgan fingerprint density at radius 2 is 1.89 bits per heavy atom. The molecule has 2 aromatic heterocycles. The molecule has 1 fully saturated rings. The Hall–Kier alpha value is -3.76. The highest BCUT2D eigenvalue weighted by molar-refractivity contribution is 7.22. The fourth-order valence-corrected chi connectivity index (χ4v) is 5.93. The summed E-state index contributed by atoms with van der Waals surface area (Å²) in [6, 6.07) is 15.2. The number of nitrogens with zero attached hydrogens (tertiary/aromatic N) is 4. The number of amides is 1. The number of hydrogen-bond acceptors (Lipinski definition) is 8. The third-order valence-corrected chi connectivity index (χ3v) is 8.07. The van der Waals surface area contributed by atoms with Crippen LogP contribution in [0, 0.1) is 5.41 Å². The van der Waals surface area contributed by atoms with Gasteiger partial charge in [0.1, 0.15) is 11.4 Å². The van der Waals surface area contributed by atoms with Gasteiger partial charge in [-0.3, -0.25) is 4.98 Å². The van der Waals surface area contributed by atoms with E-state index in [4.69, 9.17) is 4.74 Å². The normalized spacial score (nSPS) is 19.9. The number of para-hydroxylation sites is 1. The van der Waals surface area contributed by atoms with Crippen molar-refractivity contribution in [2.45, 2.75) is 45.1 Å². The minimum absolute atomic E-state index is 0.187. The number of piperidine rings is 1. The molecular weight excluding hydrogens is 502 g/mol. The predicted octanol–water partition coefficient (Wildman–Crippen LogP) is 6.04. The van der Waals surface area contributed by atoms with Gasteiger partial charge in [-0.1, -0.05) is 44.2 Å². The molecular formula is C28H31N5O4S. The van der Waals surface area contributed by atoms with Gasteiger partial charge in [-0.15, -0.1) is 0 Å². The standard InChI is InChI=1S/C28H31N5O4S/c1-27(2,3)22-16-28(17-34,12-15-33(22)26(35)36)23-24(30-14-13-29-23)37-19-10-8-18(9-11-19)31-25-32-20-6-4-5-7-21(20)38-25/h4-11,13-14,22,34H,12,15-17H2,1-3H3,(H,31,32)(H,35,36). The average Bonchev–Trinajstić information content (AvgIpc) is 3.31.